The van der Waals surface area contributed by atoms with Gasteiger partial charge in [-0.2, -0.15) is 14.7 Å². The Morgan fingerprint density at radius 1 is 1.32 bits per heavy atom. The Labute approximate surface area is 131 Å². The Bertz CT molecular complexity index is 837. The van der Waals surface area contributed by atoms with E-state index in [0.29, 0.717) is 4.68 Å². The number of H-pyrrole nitrogens is 1. The van der Waals surface area contributed by atoms with Crippen molar-refractivity contribution in [1.82, 2.24) is 14.8 Å². The Kier molecular flexibility index (Phi) is 4.50. The van der Waals surface area contributed by atoms with Gasteiger partial charge in [-0.25, -0.2) is 9.59 Å². The zero-order chi connectivity index (χ0) is 16.4. The van der Waals surface area contributed by atoms with Gasteiger partial charge in [0.25, 0.3) is 5.56 Å². The Morgan fingerprint density at radius 3 is 2.41 bits per heavy atom. The second-order valence-electron chi connectivity index (χ2n) is 3.81. The predicted octanol–water partition coefficient (Wildman–Crippen LogP) is 0.866. The number of rotatable bonds is 4. The van der Waals surface area contributed by atoms with Gasteiger partial charge in [-0.1, -0.05) is 23.2 Å². The zero-order valence-corrected chi connectivity index (χ0v) is 12.3. The molecule has 11 heteroatoms. The van der Waals surface area contributed by atoms with Crippen LogP contribution in [0.2, 0.25) is 10.0 Å². The molecule has 1 aromatic carbocycles. The summed E-state index contributed by atoms with van der Waals surface area (Å²) in [6.07, 6.45) is 0. The molecule has 0 saturated carbocycles. The highest BCUT2D eigenvalue weighted by atomic mass is 35.5. The molecule has 2 N–H and O–H groups in total. The van der Waals surface area contributed by atoms with Crippen LogP contribution in [0.5, 0.6) is 5.75 Å². The van der Waals surface area contributed by atoms with E-state index in [9.17, 15) is 14.4 Å². The fourth-order valence-corrected chi connectivity index (χ4v) is 2.09. The average molecular weight is 348 g/mol. The van der Waals surface area contributed by atoms with E-state index in [-0.39, 0.29) is 21.5 Å². The van der Waals surface area contributed by atoms with Crippen LogP contribution < -0.4 is 16.1 Å². The maximum atomic E-state index is 11.8. The summed E-state index contributed by atoms with van der Waals surface area (Å²) in [7, 11) is 1.24. The van der Waals surface area contributed by atoms with Crippen molar-refractivity contribution in [3.8, 4) is 11.4 Å². The van der Waals surface area contributed by atoms with E-state index in [1.165, 1.54) is 19.2 Å². The molecule has 0 aliphatic carbocycles. The van der Waals surface area contributed by atoms with Crippen molar-refractivity contribution in [3.63, 3.8) is 0 Å². The molecule has 0 aliphatic heterocycles. The Hall–Kier alpha value is -2.36. The minimum atomic E-state index is -1.59. The zero-order valence-electron chi connectivity index (χ0n) is 10.8. The molecule has 1 aromatic heterocycles. The molecule has 0 aliphatic rings. The van der Waals surface area contributed by atoms with E-state index >= 15 is 0 Å². The number of hydrogen-bond donors (Lipinski definition) is 2. The van der Waals surface area contributed by atoms with Crippen LogP contribution in [0.25, 0.3) is 5.69 Å². The summed E-state index contributed by atoms with van der Waals surface area (Å²) in [5.74, 6) is -1.59. The normalized spacial score (nSPS) is 10.5. The van der Waals surface area contributed by atoms with E-state index < -0.39 is 22.9 Å². The van der Waals surface area contributed by atoms with Gasteiger partial charge < -0.3 is 9.99 Å². The van der Waals surface area contributed by atoms with Gasteiger partial charge in [-0.05, 0) is 12.1 Å². The van der Waals surface area contributed by atoms with Crippen LogP contribution >= 0.6 is 23.2 Å². The maximum Gasteiger partial charge on any atom is 0.362 e. The molecule has 0 fully saturated rings. The Balaban J connectivity index is 2.67. The molecule has 0 spiro atoms. The van der Waals surface area contributed by atoms with Crippen LogP contribution in [-0.2, 0) is 4.89 Å². The first-order valence-electron chi connectivity index (χ1n) is 5.52. The number of hydrogen-bond acceptors (Lipinski definition) is 6. The van der Waals surface area contributed by atoms with Crippen LogP contribution in [0.3, 0.4) is 0 Å². The molecule has 0 amide bonds. The lowest BCUT2D eigenvalue weighted by molar-refractivity contribution is -0.177. The number of aromatic amines is 1. The highest BCUT2D eigenvalue weighted by molar-refractivity contribution is 6.37. The van der Waals surface area contributed by atoms with Gasteiger partial charge in [0.2, 0.25) is 11.4 Å². The summed E-state index contributed by atoms with van der Waals surface area (Å²) in [6.45, 7) is 0. The van der Waals surface area contributed by atoms with Crippen molar-refractivity contribution in [3.05, 3.63) is 48.7 Å². The number of carboxylic acid groups (broad SMARTS) is 1. The number of aromatic nitrogens is 3. The number of nitrogens with zero attached hydrogens (tertiary/aromatic N) is 2. The van der Waals surface area contributed by atoms with Gasteiger partial charge in [0.05, 0.1) is 22.8 Å². The number of halogens is 2. The standard InChI is InChI=1S/C11H7Cl2N3O6/c1-21-22-8-5(12)2-4(3-6(8)13)16-11(20)14-9(17)7(15-16)10(18)19/h2-3H,1H3,(H,18,19)(H,14,17,20). The van der Waals surface area contributed by atoms with Crippen molar-refractivity contribution >= 4 is 29.2 Å². The number of aromatic carboxylic acids is 1. The summed E-state index contributed by atoms with van der Waals surface area (Å²) in [5, 5.41) is 12.3. The number of benzene rings is 1. The SMILES string of the molecule is COOc1c(Cl)cc(-n2nc(C(=O)O)c(=O)[nH]c2=O)cc1Cl. The second kappa shape index (κ2) is 6.18. The molecular formula is C11H7Cl2N3O6. The first kappa shape index (κ1) is 16.0. The first-order chi connectivity index (χ1) is 10.3. The Morgan fingerprint density at radius 2 is 1.91 bits per heavy atom. The van der Waals surface area contributed by atoms with E-state index in [4.69, 9.17) is 33.2 Å². The van der Waals surface area contributed by atoms with E-state index in [2.05, 4.69) is 9.99 Å². The van der Waals surface area contributed by atoms with Gasteiger partial charge in [-0.15, -0.1) is 0 Å². The monoisotopic (exact) mass is 347 g/mol. The van der Waals surface area contributed by atoms with Gasteiger partial charge in [0.1, 0.15) is 0 Å². The molecule has 22 heavy (non-hydrogen) atoms. The third-order valence-electron chi connectivity index (χ3n) is 2.42. The van der Waals surface area contributed by atoms with Crippen molar-refractivity contribution in [2.75, 3.05) is 7.11 Å². The summed E-state index contributed by atoms with van der Waals surface area (Å²) < 4.78 is 0.638. The van der Waals surface area contributed by atoms with Crippen LogP contribution in [-0.4, -0.2) is 33.0 Å². The molecule has 2 aromatic rings. The molecule has 9 nitrogen and oxygen atoms in total. The summed E-state index contributed by atoms with van der Waals surface area (Å²) >= 11 is 11.9. The third kappa shape index (κ3) is 2.96. The van der Waals surface area contributed by atoms with Gasteiger partial charge >= 0.3 is 11.7 Å². The molecular weight excluding hydrogens is 341 g/mol. The quantitative estimate of drug-likeness (QED) is 0.620. The minimum Gasteiger partial charge on any atom is -0.476 e. The van der Waals surface area contributed by atoms with E-state index in [1.807, 2.05) is 4.98 Å². The highest BCUT2D eigenvalue weighted by Gasteiger charge is 2.17. The third-order valence-corrected chi connectivity index (χ3v) is 2.99. The predicted molar refractivity (Wildman–Crippen MR) is 75.1 cm³/mol. The lowest BCUT2D eigenvalue weighted by Gasteiger charge is -2.09. The largest absolute Gasteiger partial charge is 0.476 e. The summed E-state index contributed by atoms with van der Waals surface area (Å²) in [4.78, 5) is 45.0. The lowest BCUT2D eigenvalue weighted by atomic mass is 10.3. The van der Waals surface area contributed by atoms with Crippen molar-refractivity contribution in [1.29, 1.82) is 0 Å². The average Bonchev–Trinajstić information content (AvgIpc) is 2.42. The molecule has 0 saturated heterocycles. The maximum absolute atomic E-state index is 11.8. The molecule has 2 rings (SSSR count). The molecule has 116 valence electrons. The van der Waals surface area contributed by atoms with Gasteiger partial charge in [0, 0.05) is 0 Å². The summed E-state index contributed by atoms with van der Waals surface area (Å²) in [5.41, 5.74) is -2.90. The molecule has 0 bridgehead atoms. The van der Waals surface area contributed by atoms with Gasteiger partial charge in [-0.3, -0.25) is 9.78 Å². The second-order valence-corrected chi connectivity index (χ2v) is 4.63. The molecule has 0 atom stereocenters. The van der Waals surface area contributed by atoms with E-state index in [0.717, 1.165) is 0 Å². The fourth-order valence-electron chi connectivity index (χ4n) is 1.55. The van der Waals surface area contributed by atoms with Crippen molar-refractivity contribution < 1.29 is 19.7 Å². The molecule has 0 radical (unpaired) electrons. The smallest absolute Gasteiger partial charge is 0.362 e. The number of carbonyl (C=O) groups is 1. The van der Waals surface area contributed by atoms with Crippen LogP contribution in [0.1, 0.15) is 10.5 Å². The lowest BCUT2D eigenvalue weighted by Crippen LogP contribution is -2.35. The molecule has 1 heterocycles. The number of nitrogens with one attached hydrogen (secondary N) is 1. The summed E-state index contributed by atoms with van der Waals surface area (Å²) in [6, 6.07) is 2.47. The first-order valence-corrected chi connectivity index (χ1v) is 6.27. The highest BCUT2D eigenvalue weighted by Crippen LogP contribution is 2.34. The van der Waals surface area contributed by atoms with E-state index in [1.54, 1.807) is 0 Å². The number of carboxylic acids is 1. The van der Waals surface area contributed by atoms with Crippen LogP contribution in [0.15, 0.2) is 21.7 Å². The van der Waals surface area contributed by atoms with Crippen molar-refractivity contribution in [2.24, 2.45) is 0 Å². The topological polar surface area (TPSA) is 124 Å². The molecule has 0 unspecified atom stereocenters. The van der Waals surface area contributed by atoms with Crippen LogP contribution in [0, 0.1) is 0 Å². The van der Waals surface area contributed by atoms with Crippen molar-refractivity contribution in [2.45, 2.75) is 0 Å². The fraction of sp³-hybridized carbons (Fsp3) is 0.0909. The van der Waals surface area contributed by atoms with Gasteiger partial charge in [0.15, 0.2) is 0 Å². The van der Waals surface area contributed by atoms with Crippen LogP contribution in [0.4, 0.5) is 0 Å². The minimum absolute atomic E-state index is 0.00511.